The van der Waals surface area contributed by atoms with Gasteiger partial charge in [0.05, 0.1) is 6.33 Å². The van der Waals surface area contributed by atoms with E-state index in [0.717, 1.165) is 5.69 Å². The number of carboxylic acid groups (broad SMARTS) is 1. The van der Waals surface area contributed by atoms with Crippen LogP contribution in [-0.4, -0.2) is 50.7 Å². The molecule has 0 aliphatic carbocycles. The number of amides is 2. The molecule has 1 fully saturated rings. The Kier molecular flexibility index (Phi) is 4.27. The van der Waals surface area contributed by atoms with E-state index in [1.807, 2.05) is 22.9 Å². The number of hydrogen-bond donors (Lipinski definition) is 2. The second-order valence-electron chi connectivity index (χ2n) is 5.53. The monoisotopic (exact) mass is 314 g/mol. The SMILES string of the molecule is O=C(O)NC1CCN(C(=O)c2ccc(-n3ccnc3)cc2)CC1. The smallest absolute Gasteiger partial charge is 0.404 e. The lowest BCUT2D eigenvalue weighted by Crippen LogP contribution is -2.46. The number of benzene rings is 1. The highest BCUT2D eigenvalue weighted by molar-refractivity contribution is 5.94. The van der Waals surface area contributed by atoms with Crippen molar-refractivity contribution in [1.29, 1.82) is 0 Å². The summed E-state index contributed by atoms with van der Waals surface area (Å²) in [7, 11) is 0. The summed E-state index contributed by atoms with van der Waals surface area (Å²) in [6.45, 7) is 1.13. The van der Waals surface area contributed by atoms with E-state index >= 15 is 0 Å². The Labute approximate surface area is 133 Å². The average Bonchev–Trinajstić information content (AvgIpc) is 3.09. The summed E-state index contributed by atoms with van der Waals surface area (Å²) in [4.78, 5) is 28.9. The van der Waals surface area contributed by atoms with Crippen molar-refractivity contribution in [1.82, 2.24) is 19.8 Å². The lowest BCUT2D eigenvalue weighted by molar-refractivity contribution is 0.0706. The molecule has 1 aromatic heterocycles. The van der Waals surface area contributed by atoms with Gasteiger partial charge in [0.25, 0.3) is 5.91 Å². The van der Waals surface area contributed by atoms with Crippen LogP contribution in [0.2, 0.25) is 0 Å². The molecule has 0 spiro atoms. The van der Waals surface area contributed by atoms with Crippen LogP contribution in [0.3, 0.4) is 0 Å². The third-order valence-electron chi connectivity index (χ3n) is 4.03. The molecule has 7 nitrogen and oxygen atoms in total. The molecule has 2 aromatic rings. The third kappa shape index (κ3) is 3.50. The molecule has 1 saturated heterocycles. The van der Waals surface area contributed by atoms with Crippen molar-refractivity contribution in [2.45, 2.75) is 18.9 Å². The fraction of sp³-hybridized carbons (Fsp3) is 0.312. The van der Waals surface area contributed by atoms with Gasteiger partial charge in [-0.1, -0.05) is 0 Å². The van der Waals surface area contributed by atoms with E-state index in [4.69, 9.17) is 5.11 Å². The number of carbonyl (C=O) groups is 2. The minimum atomic E-state index is -1.01. The maximum atomic E-state index is 12.5. The first kappa shape index (κ1) is 15.1. The molecule has 7 heteroatoms. The minimum Gasteiger partial charge on any atom is -0.465 e. The van der Waals surface area contributed by atoms with Gasteiger partial charge < -0.3 is 19.9 Å². The lowest BCUT2D eigenvalue weighted by Gasteiger charge is -2.31. The number of aromatic nitrogens is 2. The standard InChI is InChI=1S/C16H18N4O3/c21-15(19-8-5-13(6-9-19)18-16(22)23)12-1-3-14(4-2-12)20-10-7-17-11-20/h1-4,7,10-11,13,18H,5-6,8-9H2,(H,22,23). The maximum absolute atomic E-state index is 12.5. The molecule has 0 atom stereocenters. The summed E-state index contributed by atoms with van der Waals surface area (Å²) < 4.78 is 1.87. The molecule has 1 aliphatic rings. The van der Waals surface area contributed by atoms with Gasteiger partial charge in [0, 0.05) is 42.8 Å². The highest BCUT2D eigenvalue weighted by Crippen LogP contribution is 2.16. The second-order valence-corrected chi connectivity index (χ2v) is 5.53. The molecule has 0 saturated carbocycles. The number of carbonyl (C=O) groups excluding carboxylic acids is 1. The van der Waals surface area contributed by atoms with Crippen LogP contribution >= 0.6 is 0 Å². The normalized spacial score (nSPS) is 15.4. The van der Waals surface area contributed by atoms with Crippen LogP contribution in [0, 0.1) is 0 Å². The Balaban J connectivity index is 1.61. The molecule has 1 aliphatic heterocycles. The molecule has 0 bridgehead atoms. The molecule has 2 N–H and O–H groups in total. The van der Waals surface area contributed by atoms with Gasteiger partial charge in [-0.2, -0.15) is 0 Å². The number of piperidine rings is 1. The van der Waals surface area contributed by atoms with Crippen molar-refractivity contribution < 1.29 is 14.7 Å². The number of nitrogens with one attached hydrogen (secondary N) is 1. The predicted molar refractivity (Wildman–Crippen MR) is 83.7 cm³/mol. The first-order valence-corrected chi connectivity index (χ1v) is 7.50. The van der Waals surface area contributed by atoms with Gasteiger partial charge in [0.1, 0.15) is 0 Å². The highest BCUT2D eigenvalue weighted by atomic mass is 16.4. The summed E-state index contributed by atoms with van der Waals surface area (Å²) in [5, 5.41) is 11.2. The Hall–Kier alpha value is -2.83. The average molecular weight is 314 g/mol. The first-order chi connectivity index (χ1) is 11.1. The largest absolute Gasteiger partial charge is 0.465 e. The number of imidazole rings is 1. The summed E-state index contributed by atoms with van der Waals surface area (Å²) in [5.74, 6) is -0.0176. The van der Waals surface area contributed by atoms with Gasteiger partial charge in [-0.05, 0) is 37.1 Å². The quantitative estimate of drug-likeness (QED) is 0.903. The Morgan fingerprint density at radius 1 is 1.17 bits per heavy atom. The van der Waals surface area contributed by atoms with Crippen molar-refractivity contribution in [3.05, 3.63) is 48.5 Å². The van der Waals surface area contributed by atoms with Crippen molar-refractivity contribution in [3.63, 3.8) is 0 Å². The van der Waals surface area contributed by atoms with Crippen LogP contribution in [0.25, 0.3) is 5.69 Å². The minimum absolute atomic E-state index is 0.0176. The van der Waals surface area contributed by atoms with Crippen molar-refractivity contribution in [2.24, 2.45) is 0 Å². The molecule has 1 aromatic carbocycles. The van der Waals surface area contributed by atoms with Gasteiger partial charge in [-0.15, -0.1) is 0 Å². The zero-order valence-corrected chi connectivity index (χ0v) is 12.6. The van der Waals surface area contributed by atoms with Crippen molar-refractivity contribution >= 4 is 12.0 Å². The lowest BCUT2D eigenvalue weighted by atomic mass is 10.0. The van der Waals surface area contributed by atoms with Crippen LogP contribution in [0.4, 0.5) is 4.79 Å². The number of likely N-dealkylation sites (tertiary alicyclic amines) is 1. The highest BCUT2D eigenvalue weighted by Gasteiger charge is 2.24. The summed E-state index contributed by atoms with van der Waals surface area (Å²) >= 11 is 0. The van der Waals surface area contributed by atoms with Crippen LogP contribution in [0.1, 0.15) is 23.2 Å². The van der Waals surface area contributed by atoms with Crippen LogP contribution in [-0.2, 0) is 0 Å². The Morgan fingerprint density at radius 3 is 2.43 bits per heavy atom. The van der Waals surface area contributed by atoms with Gasteiger partial charge in [0.15, 0.2) is 0 Å². The molecule has 0 unspecified atom stereocenters. The van der Waals surface area contributed by atoms with Crippen molar-refractivity contribution in [2.75, 3.05) is 13.1 Å². The van der Waals surface area contributed by atoms with Gasteiger partial charge >= 0.3 is 6.09 Å². The summed E-state index contributed by atoms with van der Waals surface area (Å²) in [6.07, 6.45) is 5.53. The van der Waals surface area contributed by atoms with E-state index in [2.05, 4.69) is 10.3 Å². The number of hydrogen-bond acceptors (Lipinski definition) is 3. The second kappa shape index (κ2) is 6.51. The van der Waals surface area contributed by atoms with Crippen LogP contribution in [0.15, 0.2) is 43.0 Å². The fourth-order valence-corrected chi connectivity index (χ4v) is 2.77. The predicted octanol–water partition coefficient (Wildman–Crippen LogP) is 1.74. The zero-order chi connectivity index (χ0) is 16.2. The van der Waals surface area contributed by atoms with Crippen LogP contribution < -0.4 is 5.32 Å². The fourth-order valence-electron chi connectivity index (χ4n) is 2.77. The Morgan fingerprint density at radius 2 is 1.87 bits per heavy atom. The van der Waals surface area contributed by atoms with E-state index in [9.17, 15) is 9.59 Å². The molecule has 2 heterocycles. The summed E-state index contributed by atoms with van der Waals surface area (Å²) in [6, 6.07) is 7.31. The molecule has 23 heavy (non-hydrogen) atoms. The van der Waals surface area contributed by atoms with Crippen molar-refractivity contribution in [3.8, 4) is 5.69 Å². The molecule has 0 radical (unpaired) electrons. The van der Waals surface area contributed by atoms with Gasteiger partial charge in [-0.25, -0.2) is 9.78 Å². The van der Waals surface area contributed by atoms with E-state index in [1.165, 1.54) is 0 Å². The Bertz CT molecular complexity index is 674. The first-order valence-electron chi connectivity index (χ1n) is 7.50. The van der Waals surface area contributed by atoms with Crippen LogP contribution in [0.5, 0.6) is 0 Å². The molecular weight excluding hydrogens is 296 g/mol. The molecule has 120 valence electrons. The van der Waals surface area contributed by atoms with E-state index in [0.29, 0.717) is 31.5 Å². The van der Waals surface area contributed by atoms with Gasteiger partial charge in [0.2, 0.25) is 0 Å². The topological polar surface area (TPSA) is 87.5 Å². The third-order valence-corrected chi connectivity index (χ3v) is 4.03. The molecule has 2 amide bonds. The molecule has 3 rings (SSSR count). The van der Waals surface area contributed by atoms with E-state index < -0.39 is 6.09 Å². The summed E-state index contributed by atoms with van der Waals surface area (Å²) in [5.41, 5.74) is 1.59. The van der Waals surface area contributed by atoms with Gasteiger partial charge in [-0.3, -0.25) is 4.79 Å². The zero-order valence-electron chi connectivity index (χ0n) is 12.6. The number of nitrogens with zero attached hydrogens (tertiary/aromatic N) is 3. The molecular formula is C16H18N4O3. The number of rotatable bonds is 3. The van der Waals surface area contributed by atoms with E-state index in [-0.39, 0.29) is 11.9 Å². The van der Waals surface area contributed by atoms with E-state index in [1.54, 1.807) is 29.6 Å². The maximum Gasteiger partial charge on any atom is 0.404 e.